The average Bonchev–Trinajstić information content (AvgIpc) is 2.78. The molecule has 3 rings (SSSR count). The molecule has 2 heterocycles. The molecule has 1 aromatic carbocycles. The minimum atomic E-state index is -0.516. The lowest BCUT2D eigenvalue weighted by Gasteiger charge is -2.26. The first-order valence-electron chi connectivity index (χ1n) is 11.4. The molecule has 170 valence electrons. The highest BCUT2D eigenvalue weighted by Gasteiger charge is 2.15. The standard InChI is InChI=1S/C24H36N4O3/c1-30-23-8-7-20(16-25-10-9-21-17-26-11-12-27-21)15-24(23)31-19-22(29)18-28-13-5-3-2-4-6-14-28/h7-8,11-12,15,17,22,25,29H,2-6,9-10,13-14,16,18-19H2,1H3/t22-/m1/s1. The molecule has 1 aromatic heterocycles. The van der Waals surface area contributed by atoms with E-state index in [4.69, 9.17) is 9.47 Å². The Labute approximate surface area is 185 Å². The van der Waals surface area contributed by atoms with Gasteiger partial charge >= 0.3 is 0 Å². The van der Waals surface area contributed by atoms with Crippen molar-refractivity contribution in [1.82, 2.24) is 20.2 Å². The second-order valence-corrected chi connectivity index (χ2v) is 8.14. The Bertz CT molecular complexity index is 752. The average molecular weight is 429 g/mol. The molecule has 31 heavy (non-hydrogen) atoms. The number of hydrogen-bond acceptors (Lipinski definition) is 7. The maximum atomic E-state index is 10.5. The number of aromatic nitrogens is 2. The molecule has 0 aliphatic carbocycles. The Morgan fingerprint density at radius 1 is 1.10 bits per heavy atom. The van der Waals surface area contributed by atoms with Gasteiger partial charge < -0.3 is 24.8 Å². The molecule has 0 unspecified atom stereocenters. The van der Waals surface area contributed by atoms with Crippen molar-refractivity contribution in [2.24, 2.45) is 0 Å². The molecule has 1 atom stereocenters. The molecular weight excluding hydrogens is 392 g/mol. The molecule has 0 radical (unpaired) electrons. The third-order valence-corrected chi connectivity index (χ3v) is 5.58. The van der Waals surface area contributed by atoms with E-state index in [0.717, 1.165) is 43.9 Å². The Balaban J connectivity index is 1.45. The van der Waals surface area contributed by atoms with Gasteiger partial charge in [0.05, 0.1) is 12.8 Å². The summed E-state index contributed by atoms with van der Waals surface area (Å²) in [5.41, 5.74) is 2.08. The highest BCUT2D eigenvalue weighted by Crippen LogP contribution is 2.28. The lowest BCUT2D eigenvalue weighted by atomic mass is 10.1. The largest absolute Gasteiger partial charge is 0.493 e. The van der Waals surface area contributed by atoms with Gasteiger partial charge in [-0.05, 0) is 43.6 Å². The van der Waals surface area contributed by atoms with Gasteiger partial charge in [0, 0.05) is 44.6 Å². The van der Waals surface area contributed by atoms with E-state index in [0.29, 0.717) is 18.0 Å². The number of likely N-dealkylation sites (tertiary alicyclic amines) is 1. The number of benzene rings is 1. The number of nitrogens with zero attached hydrogens (tertiary/aromatic N) is 3. The zero-order valence-electron chi connectivity index (χ0n) is 18.6. The van der Waals surface area contributed by atoms with E-state index >= 15 is 0 Å². The third kappa shape index (κ3) is 8.44. The summed E-state index contributed by atoms with van der Waals surface area (Å²) >= 11 is 0. The number of β-amino-alcohol motifs (C(OH)–C–C–N with tert-alkyl or cyclic N) is 1. The van der Waals surface area contributed by atoms with Crippen LogP contribution < -0.4 is 14.8 Å². The number of aliphatic hydroxyl groups excluding tert-OH is 1. The number of hydrogen-bond donors (Lipinski definition) is 2. The maximum absolute atomic E-state index is 10.5. The van der Waals surface area contributed by atoms with Gasteiger partial charge in [-0.15, -0.1) is 0 Å². The van der Waals surface area contributed by atoms with Crippen molar-refractivity contribution in [3.8, 4) is 11.5 Å². The van der Waals surface area contributed by atoms with Gasteiger partial charge in [0.25, 0.3) is 0 Å². The van der Waals surface area contributed by atoms with Crippen molar-refractivity contribution in [2.75, 3.05) is 39.9 Å². The molecule has 1 fully saturated rings. The molecular formula is C24H36N4O3. The summed E-state index contributed by atoms with van der Waals surface area (Å²) in [6, 6.07) is 5.92. The van der Waals surface area contributed by atoms with E-state index in [9.17, 15) is 5.11 Å². The van der Waals surface area contributed by atoms with Crippen LogP contribution >= 0.6 is 0 Å². The summed E-state index contributed by atoms with van der Waals surface area (Å²) in [6.07, 6.45) is 11.9. The topological polar surface area (TPSA) is 79.7 Å². The SMILES string of the molecule is COc1ccc(CNCCc2cnccn2)cc1OC[C@H](O)CN1CCCCCCC1. The highest BCUT2D eigenvalue weighted by atomic mass is 16.5. The lowest BCUT2D eigenvalue weighted by molar-refractivity contribution is 0.0644. The van der Waals surface area contributed by atoms with E-state index < -0.39 is 6.10 Å². The maximum Gasteiger partial charge on any atom is 0.161 e. The van der Waals surface area contributed by atoms with Crippen LogP contribution in [0.5, 0.6) is 11.5 Å². The Morgan fingerprint density at radius 2 is 1.90 bits per heavy atom. The molecule has 0 bridgehead atoms. The van der Waals surface area contributed by atoms with Crippen LogP contribution in [0.4, 0.5) is 0 Å². The molecule has 2 aromatic rings. The first-order chi connectivity index (χ1) is 15.2. The van der Waals surface area contributed by atoms with Crippen LogP contribution in [-0.4, -0.2) is 66.0 Å². The van der Waals surface area contributed by atoms with Crippen molar-refractivity contribution in [1.29, 1.82) is 0 Å². The number of ether oxygens (including phenoxy) is 2. The number of nitrogens with one attached hydrogen (secondary N) is 1. The third-order valence-electron chi connectivity index (χ3n) is 5.58. The molecule has 1 aliphatic heterocycles. The zero-order valence-corrected chi connectivity index (χ0v) is 18.6. The summed E-state index contributed by atoms with van der Waals surface area (Å²) in [5.74, 6) is 1.35. The fourth-order valence-electron chi connectivity index (χ4n) is 3.88. The van der Waals surface area contributed by atoms with Crippen molar-refractivity contribution in [2.45, 2.75) is 51.2 Å². The van der Waals surface area contributed by atoms with Gasteiger partial charge in [0.1, 0.15) is 12.7 Å². The summed E-state index contributed by atoms with van der Waals surface area (Å²) in [4.78, 5) is 10.7. The molecule has 0 saturated carbocycles. The number of methoxy groups -OCH3 is 1. The fourth-order valence-corrected chi connectivity index (χ4v) is 3.88. The van der Waals surface area contributed by atoms with Crippen LogP contribution in [-0.2, 0) is 13.0 Å². The van der Waals surface area contributed by atoms with Crippen molar-refractivity contribution < 1.29 is 14.6 Å². The van der Waals surface area contributed by atoms with Gasteiger partial charge in [0.2, 0.25) is 0 Å². The summed E-state index contributed by atoms with van der Waals surface area (Å²) in [6.45, 7) is 4.58. The molecule has 2 N–H and O–H groups in total. The van der Waals surface area contributed by atoms with E-state index in [-0.39, 0.29) is 6.61 Å². The molecule has 1 saturated heterocycles. The van der Waals surface area contributed by atoms with Gasteiger partial charge in [-0.3, -0.25) is 9.97 Å². The number of rotatable bonds is 11. The Hall–Kier alpha value is -2.22. The minimum absolute atomic E-state index is 0.260. The molecule has 0 amide bonds. The number of aliphatic hydroxyl groups is 1. The van der Waals surface area contributed by atoms with Gasteiger partial charge in [-0.2, -0.15) is 0 Å². The van der Waals surface area contributed by atoms with Crippen molar-refractivity contribution in [3.05, 3.63) is 48.0 Å². The second kappa shape index (κ2) is 13.2. The Kier molecular flexibility index (Phi) is 10.0. The molecule has 1 aliphatic rings. The monoisotopic (exact) mass is 428 g/mol. The predicted octanol–water partition coefficient (Wildman–Crippen LogP) is 2.82. The highest BCUT2D eigenvalue weighted by molar-refractivity contribution is 5.43. The summed E-state index contributed by atoms with van der Waals surface area (Å²) in [7, 11) is 1.64. The van der Waals surface area contributed by atoms with Crippen molar-refractivity contribution >= 4 is 0 Å². The van der Waals surface area contributed by atoms with Crippen LogP contribution in [0.1, 0.15) is 43.4 Å². The summed E-state index contributed by atoms with van der Waals surface area (Å²) in [5, 5.41) is 13.9. The predicted molar refractivity (Wildman–Crippen MR) is 121 cm³/mol. The van der Waals surface area contributed by atoms with Gasteiger partial charge in [-0.25, -0.2) is 0 Å². The lowest BCUT2D eigenvalue weighted by Crippen LogP contribution is -2.37. The van der Waals surface area contributed by atoms with Crippen LogP contribution in [0.2, 0.25) is 0 Å². The summed E-state index contributed by atoms with van der Waals surface area (Å²) < 4.78 is 11.4. The van der Waals surface area contributed by atoms with E-state index in [1.165, 1.54) is 32.1 Å². The van der Waals surface area contributed by atoms with Gasteiger partial charge in [0.15, 0.2) is 11.5 Å². The smallest absolute Gasteiger partial charge is 0.161 e. The second-order valence-electron chi connectivity index (χ2n) is 8.14. The van der Waals surface area contributed by atoms with Crippen LogP contribution in [0.3, 0.4) is 0 Å². The minimum Gasteiger partial charge on any atom is -0.493 e. The molecule has 0 spiro atoms. The zero-order chi connectivity index (χ0) is 21.7. The molecule has 7 nitrogen and oxygen atoms in total. The van der Waals surface area contributed by atoms with Crippen LogP contribution in [0.15, 0.2) is 36.8 Å². The van der Waals surface area contributed by atoms with Crippen LogP contribution in [0, 0.1) is 0 Å². The van der Waals surface area contributed by atoms with Gasteiger partial charge in [-0.1, -0.05) is 25.3 Å². The van der Waals surface area contributed by atoms with E-state index in [1.807, 2.05) is 18.2 Å². The van der Waals surface area contributed by atoms with E-state index in [1.54, 1.807) is 25.7 Å². The van der Waals surface area contributed by atoms with Crippen LogP contribution in [0.25, 0.3) is 0 Å². The first-order valence-corrected chi connectivity index (χ1v) is 11.4. The quantitative estimate of drug-likeness (QED) is 0.533. The molecule has 7 heteroatoms. The fraction of sp³-hybridized carbons (Fsp3) is 0.583. The van der Waals surface area contributed by atoms with E-state index in [2.05, 4.69) is 20.2 Å². The first kappa shape index (κ1) is 23.4. The normalized spacial score (nSPS) is 16.3. The van der Waals surface area contributed by atoms with Crippen molar-refractivity contribution in [3.63, 3.8) is 0 Å². The Morgan fingerprint density at radius 3 is 2.65 bits per heavy atom.